The van der Waals surface area contributed by atoms with Gasteiger partial charge in [-0.05, 0) is 12.8 Å². The van der Waals surface area contributed by atoms with Crippen molar-refractivity contribution in [3.63, 3.8) is 0 Å². The van der Waals surface area contributed by atoms with Crippen molar-refractivity contribution >= 4 is 11.9 Å². The number of hydrogen-bond donors (Lipinski definition) is 2. The SMILES string of the molecule is C=CCNCC(=O)N1CCC(CCC)(C(=O)O)C1. The summed E-state index contributed by atoms with van der Waals surface area (Å²) < 4.78 is 0. The molecule has 0 aromatic rings. The predicted molar refractivity (Wildman–Crippen MR) is 69.2 cm³/mol. The van der Waals surface area contributed by atoms with Gasteiger partial charge in [-0.2, -0.15) is 0 Å². The zero-order valence-electron chi connectivity index (χ0n) is 10.9. The number of hydrogen-bond acceptors (Lipinski definition) is 3. The summed E-state index contributed by atoms with van der Waals surface area (Å²) >= 11 is 0. The van der Waals surface area contributed by atoms with E-state index in [0.29, 0.717) is 32.5 Å². The van der Waals surface area contributed by atoms with E-state index in [1.807, 2.05) is 6.92 Å². The summed E-state index contributed by atoms with van der Waals surface area (Å²) in [5.41, 5.74) is -0.733. The van der Waals surface area contributed by atoms with Gasteiger partial charge in [-0.3, -0.25) is 9.59 Å². The fraction of sp³-hybridized carbons (Fsp3) is 0.692. The van der Waals surface area contributed by atoms with Crippen molar-refractivity contribution in [2.24, 2.45) is 5.41 Å². The molecule has 1 unspecified atom stereocenters. The van der Waals surface area contributed by atoms with Gasteiger partial charge in [0.1, 0.15) is 0 Å². The Morgan fingerprint density at radius 3 is 2.83 bits per heavy atom. The van der Waals surface area contributed by atoms with E-state index in [4.69, 9.17) is 0 Å². The molecule has 1 fully saturated rings. The van der Waals surface area contributed by atoms with E-state index in [1.165, 1.54) is 0 Å². The minimum atomic E-state index is -0.779. The van der Waals surface area contributed by atoms with E-state index >= 15 is 0 Å². The molecule has 1 aliphatic rings. The van der Waals surface area contributed by atoms with Gasteiger partial charge in [0.05, 0.1) is 12.0 Å². The molecule has 5 nitrogen and oxygen atoms in total. The maximum Gasteiger partial charge on any atom is 0.311 e. The van der Waals surface area contributed by atoms with Gasteiger partial charge in [-0.15, -0.1) is 6.58 Å². The Balaban J connectivity index is 2.55. The summed E-state index contributed by atoms with van der Waals surface area (Å²) in [5.74, 6) is -0.810. The number of amides is 1. The second kappa shape index (κ2) is 6.54. The molecule has 1 rings (SSSR count). The van der Waals surface area contributed by atoms with Crippen LogP contribution >= 0.6 is 0 Å². The molecule has 1 amide bonds. The molecule has 0 bridgehead atoms. The van der Waals surface area contributed by atoms with Gasteiger partial charge in [0.2, 0.25) is 5.91 Å². The summed E-state index contributed by atoms with van der Waals surface area (Å²) in [7, 11) is 0. The van der Waals surface area contributed by atoms with E-state index in [-0.39, 0.29) is 12.5 Å². The molecule has 0 radical (unpaired) electrons. The Bertz CT molecular complexity index is 330. The minimum absolute atomic E-state index is 0.0314. The van der Waals surface area contributed by atoms with E-state index < -0.39 is 11.4 Å². The molecule has 1 saturated heterocycles. The lowest BCUT2D eigenvalue weighted by Crippen LogP contribution is -2.40. The fourth-order valence-corrected chi connectivity index (χ4v) is 2.44. The zero-order valence-corrected chi connectivity index (χ0v) is 10.9. The number of carboxylic acid groups (broad SMARTS) is 1. The Morgan fingerprint density at radius 1 is 1.56 bits per heavy atom. The first-order valence-electron chi connectivity index (χ1n) is 6.38. The summed E-state index contributed by atoms with van der Waals surface area (Å²) in [6.45, 7) is 7.24. The molecule has 0 aromatic heterocycles. The lowest BCUT2D eigenvalue weighted by Gasteiger charge is -2.24. The molecule has 5 heteroatoms. The van der Waals surface area contributed by atoms with Crippen LogP contribution < -0.4 is 5.32 Å². The highest BCUT2D eigenvalue weighted by Gasteiger charge is 2.45. The first-order valence-corrected chi connectivity index (χ1v) is 6.38. The maximum absolute atomic E-state index is 11.9. The lowest BCUT2D eigenvalue weighted by molar-refractivity contribution is -0.149. The molecule has 0 saturated carbocycles. The van der Waals surface area contributed by atoms with Crippen molar-refractivity contribution in [2.75, 3.05) is 26.2 Å². The molecule has 2 N–H and O–H groups in total. The molecule has 0 aromatic carbocycles. The first-order chi connectivity index (χ1) is 8.55. The van der Waals surface area contributed by atoms with Crippen LogP contribution in [0.4, 0.5) is 0 Å². The molecule has 18 heavy (non-hydrogen) atoms. The van der Waals surface area contributed by atoms with Crippen LogP contribution in [0, 0.1) is 5.41 Å². The van der Waals surface area contributed by atoms with Crippen LogP contribution in [0.15, 0.2) is 12.7 Å². The van der Waals surface area contributed by atoms with E-state index in [9.17, 15) is 14.7 Å². The molecule has 0 spiro atoms. The van der Waals surface area contributed by atoms with E-state index in [0.717, 1.165) is 6.42 Å². The average molecular weight is 254 g/mol. The fourth-order valence-electron chi connectivity index (χ4n) is 2.44. The van der Waals surface area contributed by atoms with E-state index in [2.05, 4.69) is 11.9 Å². The van der Waals surface area contributed by atoms with Gasteiger partial charge in [0.15, 0.2) is 0 Å². The van der Waals surface area contributed by atoms with Crippen molar-refractivity contribution < 1.29 is 14.7 Å². The summed E-state index contributed by atoms with van der Waals surface area (Å²) in [6.07, 6.45) is 3.70. The van der Waals surface area contributed by atoms with Gasteiger partial charge >= 0.3 is 5.97 Å². The number of nitrogens with one attached hydrogen (secondary N) is 1. The van der Waals surface area contributed by atoms with Crippen LogP contribution in [-0.2, 0) is 9.59 Å². The first kappa shape index (κ1) is 14.7. The number of aliphatic carboxylic acids is 1. The third-order valence-corrected chi connectivity index (χ3v) is 3.45. The van der Waals surface area contributed by atoms with Crippen molar-refractivity contribution in [1.82, 2.24) is 10.2 Å². The van der Waals surface area contributed by atoms with Gasteiger partial charge in [-0.1, -0.05) is 19.4 Å². The Kier molecular flexibility index (Phi) is 5.34. The molecule has 1 heterocycles. The highest BCUT2D eigenvalue weighted by atomic mass is 16.4. The van der Waals surface area contributed by atoms with Gasteiger partial charge in [0.25, 0.3) is 0 Å². The molecular formula is C13H22N2O3. The Hall–Kier alpha value is -1.36. The Morgan fingerprint density at radius 2 is 2.28 bits per heavy atom. The standard InChI is InChI=1S/C13H22N2O3/c1-3-5-13(12(17)18)6-8-15(10-13)11(16)9-14-7-4-2/h4,14H,2-3,5-10H2,1H3,(H,17,18). The number of likely N-dealkylation sites (tertiary alicyclic amines) is 1. The number of carbonyl (C=O) groups excluding carboxylic acids is 1. The van der Waals surface area contributed by atoms with Crippen LogP contribution in [0.3, 0.4) is 0 Å². The van der Waals surface area contributed by atoms with Crippen molar-refractivity contribution in [1.29, 1.82) is 0 Å². The minimum Gasteiger partial charge on any atom is -0.481 e. The van der Waals surface area contributed by atoms with Gasteiger partial charge in [0, 0.05) is 19.6 Å². The smallest absolute Gasteiger partial charge is 0.311 e. The number of rotatable bonds is 7. The second-order valence-electron chi connectivity index (χ2n) is 4.82. The number of carboxylic acids is 1. The predicted octanol–water partition coefficient (Wildman–Crippen LogP) is 0.865. The highest BCUT2D eigenvalue weighted by Crippen LogP contribution is 2.35. The normalized spacial score (nSPS) is 23.1. The summed E-state index contributed by atoms with van der Waals surface area (Å²) in [4.78, 5) is 24.9. The van der Waals surface area contributed by atoms with Crippen LogP contribution in [0.2, 0.25) is 0 Å². The molecule has 102 valence electrons. The third-order valence-electron chi connectivity index (χ3n) is 3.45. The number of carbonyl (C=O) groups is 2. The zero-order chi connectivity index (χ0) is 13.6. The molecule has 1 atom stereocenters. The van der Waals surface area contributed by atoms with E-state index in [1.54, 1.807) is 11.0 Å². The van der Waals surface area contributed by atoms with Crippen LogP contribution in [-0.4, -0.2) is 48.1 Å². The van der Waals surface area contributed by atoms with Crippen LogP contribution in [0.25, 0.3) is 0 Å². The second-order valence-corrected chi connectivity index (χ2v) is 4.82. The van der Waals surface area contributed by atoms with Crippen LogP contribution in [0.1, 0.15) is 26.2 Å². The Labute approximate surface area is 108 Å². The maximum atomic E-state index is 11.9. The molecular weight excluding hydrogens is 232 g/mol. The monoisotopic (exact) mass is 254 g/mol. The van der Waals surface area contributed by atoms with Gasteiger partial charge in [-0.25, -0.2) is 0 Å². The quantitative estimate of drug-likeness (QED) is 0.522. The largest absolute Gasteiger partial charge is 0.481 e. The van der Waals surface area contributed by atoms with Crippen molar-refractivity contribution in [3.8, 4) is 0 Å². The topological polar surface area (TPSA) is 69.6 Å². The molecule has 1 aliphatic heterocycles. The highest BCUT2D eigenvalue weighted by molar-refractivity contribution is 5.81. The third kappa shape index (κ3) is 3.32. The summed E-state index contributed by atoms with van der Waals surface area (Å²) in [6, 6.07) is 0. The van der Waals surface area contributed by atoms with Crippen molar-refractivity contribution in [2.45, 2.75) is 26.2 Å². The van der Waals surface area contributed by atoms with Crippen LogP contribution in [0.5, 0.6) is 0 Å². The average Bonchev–Trinajstić information content (AvgIpc) is 2.75. The summed E-state index contributed by atoms with van der Waals surface area (Å²) in [5, 5.41) is 12.3. The van der Waals surface area contributed by atoms with Gasteiger partial charge < -0.3 is 15.3 Å². The molecule has 0 aliphatic carbocycles. The van der Waals surface area contributed by atoms with Crippen molar-refractivity contribution in [3.05, 3.63) is 12.7 Å². The number of nitrogens with zero attached hydrogens (tertiary/aromatic N) is 1. The lowest BCUT2D eigenvalue weighted by atomic mass is 9.83.